The molecule has 0 aliphatic carbocycles. The van der Waals surface area contributed by atoms with Gasteiger partial charge in [0.25, 0.3) is 0 Å². The summed E-state index contributed by atoms with van der Waals surface area (Å²) in [6.45, 7) is 11.2. The molecule has 0 atom stereocenters. The number of esters is 1. The van der Waals surface area contributed by atoms with Crippen LogP contribution in [0.2, 0.25) is 0 Å². The Labute approximate surface area is 116 Å². The van der Waals surface area contributed by atoms with Crippen LogP contribution in [0.15, 0.2) is 0 Å². The predicted molar refractivity (Wildman–Crippen MR) is 75.9 cm³/mol. The molecule has 0 heterocycles. The molecule has 112 valence electrons. The molecule has 5 heteroatoms. The fourth-order valence-corrected chi connectivity index (χ4v) is 2.05. The van der Waals surface area contributed by atoms with Crippen molar-refractivity contribution >= 4 is 11.9 Å². The Hall–Kier alpha value is -1.10. The SMILES string of the molecule is CCOC(=O)CCCNCC(=O)N(C(C)C)C(C)C. The first-order valence-corrected chi connectivity index (χ1v) is 7.07. The summed E-state index contributed by atoms with van der Waals surface area (Å²) in [5.74, 6) is -0.0808. The summed E-state index contributed by atoms with van der Waals surface area (Å²) in [6, 6.07) is 0.405. The molecule has 0 spiro atoms. The van der Waals surface area contributed by atoms with Gasteiger partial charge >= 0.3 is 5.97 Å². The molecule has 1 N–H and O–H groups in total. The summed E-state index contributed by atoms with van der Waals surface area (Å²) in [4.78, 5) is 25.0. The van der Waals surface area contributed by atoms with Gasteiger partial charge in [0.2, 0.25) is 5.91 Å². The van der Waals surface area contributed by atoms with Gasteiger partial charge in [0, 0.05) is 18.5 Å². The molecule has 0 rings (SSSR count). The Morgan fingerprint density at radius 1 is 1.16 bits per heavy atom. The highest BCUT2D eigenvalue weighted by atomic mass is 16.5. The van der Waals surface area contributed by atoms with Crippen molar-refractivity contribution in [2.75, 3.05) is 19.7 Å². The van der Waals surface area contributed by atoms with Crippen molar-refractivity contribution in [2.45, 2.75) is 59.5 Å². The van der Waals surface area contributed by atoms with Crippen molar-refractivity contribution in [1.29, 1.82) is 0 Å². The number of amides is 1. The molecule has 1 amide bonds. The van der Waals surface area contributed by atoms with E-state index in [2.05, 4.69) is 5.32 Å². The Balaban J connectivity index is 3.82. The summed E-state index contributed by atoms with van der Waals surface area (Å²) in [7, 11) is 0. The molecule has 0 aliphatic heterocycles. The maximum atomic E-state index is 12.0. The van der Waals surface area contributed by atoms with Gasteiger partial charge in [-0.25, -0.2) is 0 Å². The number of ether oxygens (including phenoxy) is 1. The summed E-state index contributed by atoms with van der Waals surface area (Å²) in [6.07, 6.45) is 1.09. The normalized spacial score (nSPS) is 10.9. The highest BCUT2D eigenvalue weighted by Crippen LogP contribution is 2.04. The minimum atomic E-state index is -0.179. The smallest absolute Gasteiger partial charge is 0.305 e. The van der Waals surface area contributed by atoms with E-state index < -0.39 is 0 Å². The fraction of sp³-hybridized carbons (Fsp3) is 0.857. The predicted octanol–water partition coefficient (Wildman–Crippen LogP) is 1.56. The first-order valence-electron chi connectivity index (χ1n) is 7.07. The maximum absolute atomic E-state index is 12.0. The Kier molecular flexibility index (Phi) is 9.21. The molecule has 0 aliphatic rings. The molecule has 0 aromatic heterocycles. The lowest BCUT2D eigenvalue weighted by Gasteiger charge is -2.30. The fourth-order valence-electron chi connectivity index (χ4n) is 2.05. The molecule has 0 radical (unpaired) electrons. The highest BCUT2D eigenvalue weighted by molar-refractivity contribution is 5.78. The van der Waals surface area contributed by atoms with E-state index >= 15 is 0 Å². The van der Waals surface area contributed by atoms with Crippen LogP contribution >= 0.6 is 0 Å². The molecule has 0 fully saturated rings. The minimum Gasteiger partial charge on any atom is -0.466 e. The largest absolute Gasteiger partial charge is 0.466 e. The zero-order valence-corrected chi connectivity index (χ0v) is 12.9. The molecule has 0 saturated carbocycles. The Morgan fingerprint density at radius 2 is 1.74 bits per heavy atom. The van der Waals surface area contributed by atoms with E-state index in [1.807, 2.05) is 32.6 Å². The average Bonchev–Trinajstić information content (AvgIpc) is 2.27. The summed E-state index contributed by atoms with van der Waals surface area (Å²) < 4.78 is 4.83. The molecule has 0 aromatic carbocycles. The van der Waals surface area contributed by atoms with Crippen LogP contribution in [-0.4, -0.2) is 48.6 Å². The third kappa shape index (κ3) is 7.82. The van der Waals surface area contributed by atoms with Crippen LogP contribution in [0.4, 0.5) is 0 Å². The number of carbonyl (C=O) groups excluding carboxylic acids is 2. The number of carbonyl (C=O) groups is 2. The van der Waals surface area contributed by atoms with E-state index in [1.54, 1.807) is 6.92 Å². The lowest BCUT2D eigenvalue weighted by molar-refractivity contribution is -0.143. The maximum Gasteiger partial charge on any atom is 0.305 e. The van der Waals surface area contributed by atoms with Crippen LogP contribution in [0.5, 0.6) is 0 Å². The van der Waals surface area contributed by atoms with Crippen molar-refractivity contribution in [3.05, 3.63) is 0 Å². The van der Waals surface area contributed by atoms with Crippen LogP contribution in [0.3, 0.4) is 0 Å². The second-order valence-corrected chi connectivity index (χ2v) is 5.07. The van der Waals surface area contributed by atoms with Gasteiger partial charge in [-0.1, -0.05) is 0 Å². The van der Waals surface area contributed by atoms with E-state index in [-0.39, 0.29) is 24.0 Å². The minimum absolute atomic E-state index is 0.0983. The molecular formula is C14H28N2O3. The first-order chi connectivity index (χ1) is 8.90. The molecule has 0 aromatic rings. The molecule has 0 bridgehead atoms. The molecule has 19 heavy (non-hydrogen) atoms. The summed E-state index contributed by atoms with van der Waals surface area (Å²) >= 11 is 0. The number of nitrogens with one attached hydrogen (secondary N) is 1. The molecule has 0 unspecified atom stereocenters. The van der Waals surface area contributed by atoms with E-state index in [0.29, 0.717) is 32.5 Å². The zero-order valence-electron chi connectivity index (χ0n) is 12.9. The molecule has 0 saturated heterocycles. The van der Waals surface area contributed by atoms with Crippen molar-refractivity contribution in [3.63, 3.8) is 0 Å². The third-order valence-corrected chi connectivity index (χ3v) is 2.72. The van der Waals surface area contributed by atoms with E-state index in [4.69, 9.17) is 4.74 Å². The van der Waals surface area contributed by atoms with Crippen molar-refractivity contribution in [1.82, 2.24) is 10.2 Å². The van der Waals surface area contributed by atoms with Crippen LogP contribution in [0, 0.1) is 0 Å². The van der Waals surface area contributed by atoms with Gasteiger partial charge in [0.15, 0.2) is 0 Å². The van der Waals surface area contributed by atoms with E-state index in [9.17, 15) is 9.59 Å². The van der Waals surface area contributed by atoms with Crippen molar-refractivity contribution < 1.29 is 14.3 Å². The summed E-state index contributed by atoms with van der Waals surface area (Å²) in [5.41, 5.74) is 0. The van der Waals surface area contributed by atoms with Gasteiger partial charge in [-0.2, -0.15) is 0 Å². The Bertz CT molecular complexity index is 270. The standard InChI is InChI=1S/C14H28N2O3/c1-6-19-14(18)8-7-9-15-10-13(17)16(11(2)3)12(4)5/h11-12,15H,6-10H2,1-5H3. The number of nitrogens with zero attached hydrogens (tertiary/aromatic N) is 1. The molecular weight excluding hydrogens is 244 g/mol. The quantitative estimate of drug-likeness (QED) is 0.511. The van der Waals surface area contributed by atoms with Gasteiger partial charge in [0.05, 0.1) is 13.2 Å². The van der Waals surface area contributed by atoms with Gasteiger partial charge in [-0.3, -0.25) is 9.59 Å². The van der Waals surface area contributed by atoms with Crippen molar-refractivity contribution in [3.8, 4) is 0 Å². The second-order valence-electron chi connectivity index (χ2n) is 5.07. The highest BCUT2D eigenvalue weighted by Gasteiger charge is 2.19. The number of rotatable bonds is 9. The Morgan fingerprint density at radius 3 is 2.21 bits per heavy atom. The number of hydrogen-bond donors (Lipinski definition) is 1. The van der Waals surface area contributed by atoms with Crippen LogP contribution in [0.1, 0.15) is 47.5 Å². The lowest BCUT2D eigenvalue weighted by Crippen LogP contribution is -2.46. The topological polar surface area (TPSA) is 58.6 Å². The lowest BCUT2D eigenvalue weighted by atomic mass is 10.2. The van der Waals surface area contributed by atoms with Crippen LogP contribution < -0.4 is 5.32 Å². The van der Waals surface area contributed by atoms with Gasteiger partial charge in [0.1, 0.15) is 0 Å². The summed E-state index contributed by atoms with van der Waals surface area (Å²) in [5, 5.41) is 3.07. The van der Waals surface area contributed by atoms with Crippen LogP contribution in [0.25, 0.3) is 0 Å². The first kappa shape index (κ1) is 17.9. The van der Waals surface area contributed by atoms with Crippen molar-refractivity contribution in [2.24, 2.45) is 0 Å². The second kappa shape index (κ2) is 9.78. The zero-order chi connectivity index (χ0) is 14.8. The van der Waals surface area contributed by atoms with E-state index in [0.717, 1.165) is 0 Å². The van der Waals surface area contributed by atoms with E-state index in [1.165, 1.54) is 0 Å². The average molecular weight is 272 g/mol. The monoisotopic (exact) mass is 272 g/mol. The van der Waals surface area contributed by atoms with Gasteiger partial charge in [-0.05, 0) is 47.6 Å². The van der Waals surface area contributed by atoms with Gasteiger partial charge in [-0.15, -0.1) is 0 Å². The third-order valence-electron chi connectivity index (χ3n) is 2.72. The van der Waals surface area contributed by atoms with Gasteiger partial charge < -0.3 is 15.0 Å². The molecule has 5 nitrogen and oxygen atoms in total. The van der Waals surface area contributed by atoms with Crippen LogP contribution in [-0.2, 0) is 14.3 Å². The number of hydrogen-bond acceptors (Lipinski definition) is 4.